The second-order valence-electron chi connectivity index (χ2n) is 7.91. The van der Waals surface area contributed by atoms with Crippen LogP contribution in [0, 0.1) is 0 Å². The number of carbonyl (C=O) groups is 1. The third kappa shape index (κ3) is 3.72. The van der Waals surface area contributed by atoms with Crippen LogP contribution >= 0.6 is 11.6 Å². The monoisotopic (exact) mass is 449 g/mol. The number of amides is 1. The van der Waals surface area contributed by atoms with Crippen LogP contribution in [0.4, 0.5) is 0 Å². The minimum atomic E-state index is -3.44. The Hall–Kier alpha value is -2.39. The molecule has 30 heavy (non-hydrogen) atoms. The molecule has 10 heteroatoms. The fourth-order valence-electron chi connectivity index (χ4n) is 3.87. The molecule has 1 N–H and O–H groups in total. The van der Waals surface area contributed by atoms with E-state index in [4.69, 9.17) is 20.4 Å². The van der Waals surface area contributed by atoms with Crippen molar-refractivity contribution >= 4 is 38.6 Å². The molecule has 0 bridgehead atoms. The van der Waals surface area contributed by atoms with Gasteiger partial charge in [0.25, 0.3) is 5.91 Å². The Balaban J connectivity index is 1.20. The van der Waals surface area contributed by atoms with E-state index in [0.717, 1.165) is 25.7 Å². The molecule has 0 spiro atoms. The van der Waals surface area contributed by atoms with Gasteiger partial charge in [-0.3, -0.25) is 4.79 Å². The fraction of sp³-hybridized carbons (Fsp3) is 0.450. The van der Waals surface area contributed by atoms with Crippen molar-refractivity contribution < 1.29 is 22.0 Å². The van der Waals surface area contributed by atoms with Gasteiger partial charge in [-0.2, -0.15) is 0 Å². The van der Waals surface area contributed by atoms with Crippen LogP contribution in [0.25, 0.3) is 11.2 Å². The van der Waals surface area contributed by atoms with Gasteiger partial charge in [0.1, 0.15) is 5.52 Å². The van der Waals surface area contributed by atoms with Gasteiger partial charge in [0.2, 0.25) is 26.5 Å². The minimum Gasteiger partial charge on any atom is -0.440 e. The van der Waals surface area contributed by atoms with Gasteiger partial charge in [0.15, 0.2) is 5.76 Å². The van der Waals surface area contributed by atoms with E-state index in [1.54, 1.807) is 6.07 Å². The van der Waals surface area contributed by atoms with Gasteiger partial charge in [-0.15, -0.1) is 0 Å². The van der Waals surface area contributed by atoms with Crippen LogP contribution in [-0.2, 0) is 9.84 Å². The Kier molecular flexibility index (Phi) is 4.82. The Morgan fingerprint density at radius 1 is 1.10 bits per heavy atom. The molecule has 0 aliphatic heterocycles. The molecule has 0 aromatic carbocycles. The molecule has 3 aromatic heterocycles. The number of carbonyl (C=O) groups excluding carboxylic acids is 1. The molecule has 0 atom stereocenters. The molecule has 2 aliphatic rings. The summed E-state index contributed by atoms with van der Waals surface area (Å²) in [6.45, 7) is 0. The number of sulfone groups is 1. The quantitative estimate of drug-likeness (QED) is 0.628. The van der Waals surface area contributed by atoms with Crippen molar-refractivity contribution in [2.45, 2.75) is 60.8 Å². The zero-order chi connectivity index (χ0) is 20.9. The average molecular weight is 450 g/mol. The van der Waals surface area contributed by atoms with Gasteiger partial charge in [-0.25, -0.2) is 18.4 Å². The van der Waals surface area contributed by atoms with Crippen LogP contribution < -0.4 is 5.32 Å². The number of aromatic nitrogens is 2. The summed E-state index contributed by atoms with van der Waals surface area (Å²) in [5.74, 6) is 0.435. The molecule has 2 saturated carbocycles. The fourth-order valence-corrected chi connectivity index (χ4v) is 5.57. The lowest BCUT2D eigenvalue weighted by Crippen LogP contribution is -2.37. The Bertz CT molecular complexity index is 1210. The summed E-state index contributed by atoms with van der Waals surface area (Å²) in [6.07, 6.45) is 5.97. The second-order valence-corrected chi connectivity index (χ2v) is 10.5. The number of pyridine rings is 1. The maximum atomic E-state index is 12.5. The van der Waals surface area contributed by atoms with Crippen molar-refractivity contribution in [2.24, 2.45) is 0 Å². The molecule has 3 aromatic rings. The smallest absolute Gasteiger partial charge is 0.287 e. The number of hydrogen-bond acceptors (Lipinski definition) is 7. The van der Waals surface area contributed by atoms with Gasteiger partial charge < -0.3 is 14.2 Å². The maximum Gasteiger partial charge on any atom is 0.287 e. The maximum absolute atomic E-state index is 12.5. The summed E-state index contributed by atoms with van der Waals surface area (Å²) in [5, 5.41) is 2.97. The standard InChI is InChI=1S/C20H20ClN3O5S/c21-12-9-15-20(22-10-12)29-19(24-15)11-1-3-13(4-2-11)23-18(25)16-7-8-17(28-16)30(26,27)14-5-6-14/h7-11,13-14H,1-6H2,(H,23,25). The first kappa shape index (κ1) is 19.6. The first-order chi connectivity index (χ1) is 14.4. The van der Waals surface area contributed by atoms with Gasteiger partial charge in [-0.1, -0.05) is 11.6 Å². The lowest BCUT2D eigenvalue weighted by molar-refractivity contribution is 0.0891. The number of nitrogens with one attached hydrogen (secondary N) is 1. The molecular weight excluding hydrogens is 430 g/mol. The van der Waals surface area contributed by atoms with Crippen molar-refractivity contribution in [3.63, 3.8) is 0 Å². The Morgan fingerprint density at radius 3 is 2.60 bits per heavy atom. The van der Waals surface area contributed by atoms with Crippen molar-refractivity contribution in [3.8, 4) is 0 Å². The summed E-state index contributed by atoms with van der Waals surface area (Å²) in [5.41, 5.74) is 1.11. The van der Waals surface area contributed by atoms with Crippen molar-refractivity contribution in [3.05, 3.63) is 41.1 Å². The van der Waals surface area contributed by atoms with Crippen LogP contribution in [0.15, 0.2) is 38.3 Å². The molecule has 1 amide bonds. The Labute approximate surface area is 177 Å². The van der Waals surface area contributed by atoms with E-state index in [1.807, 2.05) is 0 Å². The summed E-state index contributed by atoms with van der Waals surface area (Å²) in [4.78, 5) is 21.1. The third-order valence-corrected chi connectivity index (χ3v) is 8.03. The van der Waals surface area contributed by atoms with Crippen LogP contribution in [0.2, 0.25) is 5.02 Å². The first-order valence-corrected chi connectivity index (χ1v) is 11.9. The predicted molar refractivity (Wildman–Crippen MR) is 108 cm³/mol. The molecule has 3 heterocycles. The number of rotatable bonds is 5. The number of fused-ring (bicyclic) bond motifs is 1. The molecule has 5 rings (SSSR count). The van der Waals surface area contributed by atoms with E-state index < -0.39 is 15.7 Å². The number of furan rings is 1. The SMILES string of the molecule is O=C(NC1CCC(c2nc3cc(Cl)cnc3o2)CC1)c1ccc(S(=O)(=O)C2CC2)o1. The van der Waals surface area contributed by atoms with E-state index in [0.29, 0.717) is 35.0 Å². The molecule has 2 fully saturated rings. The topological polar surface area (TPSA) is 115 Å². The van der Waals surface area contributed by atoms with Crippen molar-refractivity contribution in [1.82, 2.24) is 15.3 Å². The van der Waals surface area contributed by atoms with E-state index >= 15 is 0 Å². The number of nitrogens with zero attached hydrogens (tertiary/aromatic N) is 2. The first-order valence-electron chi connectivity index (χ1n) is 9.97. The lowest BCUT2D eigenvalue weighted by atomic mass is 9.86. The van der Waals surface area contributed by atoms with Gasteiger partial charge >= 0.3 is 0 Å². The zero-order valence-corrected chi connectivity index (χ0v) is 17.6. The summed E-state index contributed by atoms with van der Waals surface area (Å²) in [7, 11) is -3.44. The second kappa shape index (κ2) is 7.39. The van der Waals surface area contributed by atoms with E-state index in [2.05, 4.69) is 15.3 Å². The van der Waals surface area contributed by atoms with Gasteiger partial charge in [-0.05, 0) is 56.7 Å². The summed E-state index contributed by atoms with van der Waals surface area (Å²) < 4.78 is 35.6. The molecule has 0 saturated heterocycles. The summed E-state index contributed by atoms with van der Waals surface area (Å²) >= 11 is 5.95. The largest absolute Gasteiger partial charge is 0.440 e. The highest BCUT2D eigenvalue weighted by atomic mass is 35.5. The van der Waals surface area contributed by atoms with Gasteiger partial charge in [0.05, 0.1) is 10.3 Å². The molecule has 0 radical (unpaired) electrons. The lowest BCUT2D eigenvalue weighted by Gasteiger charge is -2.27. The highest BCUT2D eigenvalue weighted by Crippen LogP contribution is 2.35. The predicted octanol–water partition coefficient (Wildman–Crippen LogP) is 3.86. The molecule has 0 unspecified atom stereocenters. The number of oxazole rings is 1. The van der Waals surface area contributed by atoms with E-state index in [9.17, 15) is 13.2 Å². The molecule has 8 nitrogen and oxygen atoms in total. The van der Waals surface area contributed by atoms with Crippen LogP contribution in [0.3, 0.4) is 0 Å². The zero-order valence-electron chi connectivity index (χ0n) is 16.0. The molecular formula is C20H20ClN3O5S. The van der Waals surface area contributed by atoms with Crippen LogP contribution in [-0.4, -0.2) is 35.6 Å². The van der Waals surface area contributed by atoms with Crippen LogP contribution in [0.1, 0.15) is 60.9 Å². The minimum absolute atomic E-state index is 0.0145. The normalized spacial score (nSPS) is 22.3. The highest BCUT2D eigenvalue weighted by molar-refractivity contribution is 7.92. The van der Waals surface area contributed by atoms with Crippen molar-refractivity contribution in [2.75, 3.05) is 0 Å². The third-order valence-electron chi connectivity index (χ3n) is 5.69. The average Bonchev–Trinajstić information content (AvgIpc) is 3.32. The Morgan fingerprint density at radius 2 is 1.87 bits per heavy atom. The van der Waals surface area contributed by atoms with Gasteiger partial charge in [0, 0.05) is 18.2 Å². The number of hydrogen-bond donors (Lipinski definition) is 1. The van der Waals surface area contributed by atoms with E-state index in [1.165, 1.54) is 18.3 Å². The van der Waals surface area contributed by atoms with Crippen LogP contribution in [0.5, 0.6) is 0 Å². The van der Waals surface area contributed by atoms with Crippen molar-refractivity contribution in [1.29, 1.82) is 0 Å². The number of halogens is 1. The summed E-state index contributed by atoms with van der Waals surface area (Å²) in [6, 6.07) is 4.50. The molecule has 158 valence electrons. The highest BCUT2D eigenvalue weighted by Gasteiger charge is 2.39. The van der Waals surface area contributed by atoms with E-state index in [-0.39, 0.29) is 28.1 Å². The molecule has 2 aliphatic carbocycles.